The number of thiophene rings is 1. The van der Waals surface area contributed by atoms with Crippen molar-refractivity contribution >= 4 is 27.8 Å². The smallest absolute Gasteiger partial charge is 0.182 e. The van der Waals surface area contributed by atoms with E-state index in [2.05, 4.69) is 27.8 Å². The van der Waals surface area contributed by atoms with Crippen LogP contribution >= 0.6 is 22.7 Å². The van der Waals surface area contributed by atoms with Gasteiger partial charge in [-0.2, -0.15) is 0 Å². The Labute approximate surface area is 85.3 Å². The Bertz CT molecular complexity index is 365. The van der Waals surface area contributed by atoms with Crippen molar-refractivity contribution in [2.24, 2.45) is 0 Å². The first kappa shape index (κ1) is 8.72. The van der Waals surface area contributed by atoms with Crippen molar-refractivity contribution in [2.75, 3.05) is 12.4 Å². The lowest BCUT2D eigenvalue weighted by molar-refractivity contribution is 1.26. The van der Waals surface area contributed by atoms with E-state index in [0.29, 0.717) is 0 Å². The molecule has 0 aliphatic heterocycles. The summed E-state index contributed by atoms with van der Waals surface area (Å²) in [5.41, 5.74) is 0. The fraction of sp³-hybridized carbons (Fsp3) is 0.222. The van der Waals surface area contributed by atoms with Gasteiger partial charge in [0.15, 0.2) is 5.13 Å². The third kappa shape index (κ3) is 2.08. The summed E-state index contributed by atoms with van der Waals surface area (Å²) in [6.45, 7) is 0. The Hall–Kier alpha value is -0.870. The van der Waals surface area contributed by atoms with E-state index < -0.39 is 0 Å². The van der Waals surface area contributed by atoms with Crippen molar-refractivity contribution < 1.29 is 0 Å². The maximum absolute atomic E-state index is 4.23. The van der Waals surface area contributed by atoms with Gasteiger partial charge in [0.25, 0.3) is 0 Å². The molecule has 13 heavy (non-hydrogen) atoms. The minimum absolute atomic E-state index is 0.992. The van der Waals surface area contributed by atoms with E-state index in [0.717, 1.165) is 11.6 Å². The number of hydrogen-bond donors (Lipinski definition) is 1. The van der Waals surface area contributed by atoms with Gasteiger partial charge >= 0.3 is 0 Å². The van der Waals surface area contributed by atoms with Crippen LogP contribution in [-0.4, -0.2) is 12.0 Å². The topological polar surface area (TPSA) is 24.9 Å². The molecule has 0 atom stereocenters. The second-order valence-corrected chi connectivity index (χ2v) is 4.79. The molecule has 0 radical (unpaired) electrons. The molecule has 0 spiro atoms. The molecule has 0 aliphatic rings. The van der Waals surface area contributed by atoms with Crippen LogP contribution in [-0.2, 0) is 6.42 Å². The van der Waals surface area contributed by atoms with Crippen molar-refractivity contribution in [3.63, 3.8) is 0 Å². The molecular formula is C9H10N2S2. The highest BCUT2D eigenvalue weighted by molar-refractivity contribution is 7.15. The average molecular weight is 210 g/mol. The highest BCUT2D eigenvalue weighted by atomic mass is 32.1. The molecule has 0 aliphatic carbocycles. The molecule has 2 aromatic rings. The fourth-order valence-electron chi connectivity index (χ4n) is 1.09. The minimum Gasteiger partial charge on any atom is -0.365 e. The summed E-state index contributed by atoms with van der Waals surface area (Å²) in [6, 6.07) is 4.24. The summed E-state index contributed by atoms with van der Waals surface area (Å²) in [6.07, 6.45) is 2.95. The second kappa shape index (κ2) is 3.89. The van der Waals surface area contributed by atoms with Crippen LogP contribution in [0, 0.1) is 0 Å². The normalized spacial score (nSPS) is 10.2. The van der Waals surface area contributed by atoms with Crippen molar-refractivity contribution in [2.45, 2.75) is 6.42 Å². The van der Waals surface area contributed by atoms with E-state index in [9.17, 15) is 0 Å². The van der Waals surface area contributed by atoms with Crippen LogP contribution in [0.1, 0.15) is 9.75 Å². The van der Waals surface area contributed by atoms with Crippen LogP contribution in [0.15, 0.2) is 23.7 Å². The molecule has 2 heterocycles. The van der Waals surface area contributed by atoms with Crippen LogP contribution in [0.2, 0.25) is 0 Å². The van der Waals surface area contributed by atoms with Crippen molar-refractivity contribution in [1.82, 2.24) is 4.98 Å². The molecule has 0 aromatic carbocycles. The lowest BCUT2D eigenvalue weighted by Gasteiger charge is -1.90. The van der Waals surface area contributed by atoms with Gasteiger partial charge in [-0.05, 0) is 11.4 Å². The predicted octanol–water partition coefficient (Wildman–Crippen LogP) is 2.84. The molecule has 0 amide bonds. The van der Waals surface area contributed by atoms with Crippen molar-refractivity contribution in [3.8, 4) is 0 Å². The first-order chi connectivity index (χ1) is 6.38. The second-order valence-electron chi connectivity index (χ2n) is 2.64. The van der Waals surface area contributed by atoms with E-state index in [1.807, 2.05) is 13.2 Å². The van der Waals surface area contributed by atoms with E-state index in [1.54, 1.807) is 22.7 Å². The molecule has 2 rings (SSSR count). The lowest BCUT2D eigenvalue weighted by atomic mass is 10.3. The standard InChI is InChI=1S/C9H10N2S2/c1-10-9-11-6-8(13-9)5-7-3-2-4-12-7/h2-4,6H,5H2,1H3,(H,10,11). The fourth-order valence-corrected chi connectivity index (χ4v) is 2.70. The van der Waals surface area contributed by atoms with E-state index >= 15 is 0 Å². The van der Waals surface area contributed by atoms with Crippen LogP contribution < -0.4 is 5.32 Å². The predicted molar refractivity (Wildman–Crippen MR) is 58.8 cm³/mol. The van der Waals surface area contributed by atoms with Crippen LogP contribution in [0.25, 0.3) is 0 Å². The quantitative estimate of drug-likeness (QED) is 0.842. The number of anilines is 1. The Balaban J connectivity index is 2.10. The van der Waals surface area contributed by atoms with E-state index in [4.69, 9.17) is 0 Å². The van der Waals surface area contributed by atoms with Gasteiger partial charge in [0, 0.05) is 29.4 Å². The number of nitrogens with one attached hydrogen (secondary N) is 1. The number of hydrogen-bond acceptors (Lipinski definition) is 4. The average Bonchev–Trinajstić information content (AvgIpc) is 2.76. The molecule has 4 heteroatoms. The molecule has 2 nitrogen and oxygen atoms in total. The van der Waals surface area contributed by atoms with Gasteiger partial charge in [0.1, 0.15) is 0 Å². The first-order valence-electron chi connectivity index (χ1n) is 4.03. The van der Waals surface area contributed by atoms with Crippen LogP contribution in [0.3, 0.4) is 0 Å². The van der Waals surface area contributed by atoms with Gasteiger partial charge in [-0.3, -0.25) is 0 Å². The summed E-state index contributed by atoms with van der Waals surface area (Å²) in [7, 11) is 1.90. The van der Waals surface area contributed by atoms with Crippen LogP contribution in [0.4, 0.5) is 5.13 Å². The first-order valence-corrected chi connectivity index (χ1v) is 5.73. The van der Waals surface area contributed by atoms with Crippen molar-refractivity contribution in [1.29, 1.82) is 0 Å². The summed E-state index contributed by atoms with van der Waals surface area (Å²) < 4.78 is 0. The highest BCUT2D eigenvalue weighted by Crippen LogP contribution is 2.22. The molecule has 68 valence electrons. The third-order valence-electron chi connectivity index (χ3n) is 1.70. The van der Waals surface area contributed by atoms with Crippen LogP contribution in [0.5, 0.6) is 0 Å². The Morgan fingerprint density at radius 1 is 1.46 bits per heavy atom. The Morgan fingerprint density at radius 3 is 3.00 bits per heavy atom. The minimum atomic E-state index is 0.992. The monoisotopic (exact) mass is 210 g/mol. The number of nitrogens with zero attached hydrogens (tertiary/aromatic N) is 1. The number of rotatable bonds is 3. The molecule has 0 bridgehead atoms. The molecule has 0 saturated heterocycles. The number of aromatic nitrogens is 1. The zero-order valence-corrected chi connectivity index (χ0v) is 8.91. The summed E-state index contributed by atoms with van der Waals surface area (Å²) in [5, 5.41) is 6.14. The SMILES string of the molecule is CNc1ncc(Cc2cccs2)s1. The maximum Gasteiger partial charge on any atom is 0.182 e. The van der Waals surface area contributed by atoms with E-state index in [-0.39, 0.29) is 0 Å². The lowest BCUT2D eigenvalue weighted by Crippen LogP contribution is -1.83. The zero-order valence-electron chi connectivity index (χ0n) is 7.28. The Kier molecular flexibility index (Phi) is 2.61. The van der Waals surface area contributed by atoms with Crippen molar-refractivity contribution in [3.05, 3.63) is 33.5 Å². The van der Waals surface area contributed by atoms with Gasteiger partial charge in [0.2, 0.25) is 0 Å². The van der Waals surface area contributed by atoms with Gasteiger partial charge in [0.05, 0.1) is 0 Å². The largest absolute Gasteiger partial charge is 0.365 e. The summed E-state index contributed by atoms with van der Waals surface area (Å²) in [5.74, 6) is 0. The Morgan fingerprint density at radius 2 is 2.38 bits per heavy atom. The van der Waals surface area contributed by atoms with Gasteiger partial charge in [-0.25, -0.2) is 4.98 Å². The molecule has 0 unspecified atom stereocenters. The molecule has 0 fully saturated rings. The third-order valence-corrected chi connectivity index (χ3v) is 3.59. The molecule has 2 aromatic heterocycles. The summed E-state index contributed by atoms with van der Waals surface area (Å²) >= 11 is 3.51. The maximum atomic E-state index is 4.23. The highest BCUT2D eigenvalue weighted by Gasteiger charge is 2.01. The summed E-state index contributed by atoms with van der Waals surface area (Å²) in [4.78, 5) is 6.93. The molecular weight excluding hydrogens is 200 g/mol. The number of thiazole rings is 1. The van der Waals surface area contributed by atoms with Gasteiger partial charge in [-0.1, -0.05) is 6.07 Å². The van der Waals surface area contributed by atoms with E-state index in [1.165, 1.54) is 9.75 Å². The molecule has 1 N–H and O–H groups in total. The van der Waals surface area contributed by atoms with Gasteiger partial charge in [-0.15, -0.1) is 22.7 Å². The zero-order chi connectivity index (χ0) is 9.10. The van der Waals surface area contributed by atoms with Gasteiger partial charge < -0.3 is 5.32 Å². The molecule has 0 saturated carbocycles.